The van der Waals surface area contributed by atoms with Crippen LogP contribution in [0.4, 0.5) is 0 Å². The lowest BCUT2D eigenvalue weighted by molar-refractivity contribution is -0.132. The maximum Gasteiger partial charge on any atom is 0.162 e. The van der Waals surface area contributed by atoms with Crippen molar-refractivity contribution < 1.29 is 9.53 Å². The smallest absolute Gasteiger partial charge is 0.162 e. The average Bonchev–Trinajstić information content (AvgIpc) is 2.84. The van der Waals surface area contributed by atoms with Gasteiger partial charge in [0.15, 0.2) is 5.78 Å². The number of hydrogen-bond acceptors (Lipinski definition) is 2. The van der Waals surface area contributed by atoms with Crippen molar-refractivity contribution in [3.05, 3.63) is 37.0 Å². The van der Waals surface area contributed by atoms with Crippen LogP contribution in [0.25, 0.3) is 0 Å². The summed E-state index contributed by atoms with van der Waals surface area (Å²) in [6.45, 7) is 18.7. The Kier molecular flexibility index (Phi) is 6.02. The second kappa shape index (κ2) is 7.61. The second-order valence-corrected chi connectivity index (χ2v) is 7.76. The van der Waals surface area contributed by atoms with E-state index < -0.39 is 0 Å². The first-order valence-electron chi connectivity index (χ1n) is 8.98. The van der Waals surface area contributed by atoms with E-state index in [0.29, 0.717) is 24.2 Å². The molecule has 0 aromatic heterocycles. The molecule has 0 aromatic rings. The zero-order valence-electron chi connectivity index (χ0n) is 15.0. The van der Waals surface area contributed by atoms with Crippen molar-refractivity contribution in [2.45, 2.75) is 65.1 Å². The van der Waals surface area contributed by atoms with Crippen LogP contribution < -0.4 is 0 Å². The van der Waals surface area contributed by atoms with Crippen LogP contribution in [0.15, 0.2) is 37.0 Å². The van der Waals surface area contributed by atoms with Crippen LogP contribution in [0.3, 0.4) is 0 Å². The number of carbonyl (C=O) groups is 1. The molecule has 2 heteroatoms. The van der Waals surface area contributed by atoms with Gasteiger partial charge in [-0.05, 0) is 44.4 Å². The molecular formula is C21H32O2. The fourth-order valence-corrected chi connectivity index (χ4v) is 4.51. The van der Waals surface area contributed by atoms with E-state index in [2.05, 4.69) is 33.6 Å². The number of fused-ring (bicyclic) bond motifs is 1. The van der Waals surface area contributed by atoms with E-state index in [4.69, 9.17) is 4.74 Å². The molecule has 0 aromatic carbocycles. The minimum absolute atomic E-state index is 0.0734. The lowest BCUT2D eigenvalue weighted by Gasteiger charge is -2.39. The van der Waals surface area contributed by atoms with Crippen molar-refractivity contribution in [2.75, 3.05) is 0 Å². The molecule has 2 rings (SSSR count). The van der Waals surface area contributed by atoms with Gasteiger partial charge in [0.25, 0.3) is 0 Å². The van der Waals surface area contributed by atoms with Crippen LogP contribution in [-0.2, 0) is 9.53 Å². The van der Waals surface area contributed by atoms with Gasteiger partial charge in [-0.3, -0.25) is 4.79 Å². The minimum Gasteiger partial charge on any atom is -0.366 e. The van der Waals surface area contributed by atoms with Crippen LogP contribution in [0, 0.1) is 23.7 Å². The molecule has 2 nitrogen and oxygen atoms in total. The molecule has 0 spiro atoms. The second-order valence-electron chi connectivity index (χ2n) is 7.76. The molecule has 0 N–H and O–H groups in total. The highest BCUT2D eigenvalue weighted by atomic mass is 16.5. The predicted molar refractivity (Wildman–Crippen MR) is 96.2 cm³/mol. The molecule has 0 radical (unpaired) electrons. The van der Waals surface area contributed by atoms with Crippen molar-refractivity contribution in [3.63, 3.8) is 0 Å². The van der Waals surface area contributed by atoms with Crippen LogP contribution in [0.5, 0.6) is 0 Å². The maximum absolute atomic E-state index is 12.7. The summed E-state index contributed by atoms with van der Waals surface area (Å²) in [5.41, 5.74) is 2.39. The fourth-order valence-electron chi connectivity index (χ4n) is 4.51. The first-order valence-corrected chi connectivity index (χ1v) is 8.98. The van der Waals surface area contributed by atoms with E-state index >= 15 is 0 Å². The van der Waals surface area contributed by atoms with Crippen molar-refractivity contribution in [1.29, 1.82) is 0 Å². The standard InChI is InChI=1S/C21H32O2/c1-7-8-9-17(22)21-20-16(14(4)5)11-10-15(6)19(20)18(23-21)12-13(2)3/h7,14,16,18-21H,1-2,6,8-12H2,3-5H3/t16-,18-,19-,20-,21+/m1/s1. The van der Waals surface area contributed by atoms with Crippen LogP contribution in [0.1, 0.15) is 52.9 Å². The van der Waals surface area contributed by atoms with Gasteiger partial charge in [-0.1, -0.05) is 37.6 Å². The Bertz CT molecular complexity index is 488. The summed E-state index contributed by atoms with van der Waals surface area (Å²) in [5.74, 6) is 1.95. The van der Waals surface area contributed by atoms with Crippen molar-refractivity contribution in [2.24, 2.45) is 23.7 Å². The molecule has 0 amide bonds. The van der Waals surface area contributed by atoms with E-state index in [9.17, 15) is 4.79 Å². The molecule has 1 saturated heterocycles. The highest BCUT2D eigenvalue weighted by Crippen LogP contribution is 2.51. The van der Waals surface area contributed by atoms with Gasteiger partial charge in [0, 0.05) is 18.3 Å². The first-order chi connectivity index (χ1) is 10.9. The van der Waals surface area contributed by atoms with Crippen LogP contribution in [-0.4, -0.2) is 18.0 Å². The summed E-state index contributed by atoms with van der Waals surface area (Å²) in [6, 6.07) is 0. The monoisotopic (exact) mass is 316 g/mol. The largest absolute Gasteiger partial charge is 0.366 e. The Morgan fingerprint density at radius 3 is 2.70 bits per heavy atom. The van der Waals surface area contributed by atoms with Crippen molar-refractivity contribution in [1.82, 2.24) is 0 Å². The number of carbonyl (C=O) groups excluding carboxylic acids is 1. The summed E-state index contributed by atoms with van der Waals surface area (Å²) in [6.07, 6.45) is 5.91. The van der Waals surface area contributed by atoms with E-state index in [1.807, 2.05) is 13.0 Å². The molecule has 5 atom stereocenters. The predicted octanol–water partition coefficient (Wildman–Crippen LogP) is 5.11. The topological polar surface area (TPSA) is 26.3 Å². The van der Waals surface area contributed by atoms with E-state index in [-0.39, 0.29) is 23.9 Å². The Morgan fingerprint density at radius 2 is 2.13 bits per heavy atom. The molecule has 23 heavy (non-hydrogen) atoms. The highest BCUT2D eigenvalue weighted by molar-refractivity contribution is 5.84. The molecule has 1 saturated carbocycles. The number of ether oxygens (including phenoxy) is 1. The Balaban J connectivity index is 2.29. The third-order valence-electron chi connectivity index (χ3n) is 5.57. The molecule has 1 heterocycles. The van der Waals surface area contributed by atoms with Gasteiger partial charge in [-0.15, -0.1) is 13.2 Å². The fraction of sp³-hybridized carbons (Fsp3) is 0.667. The molecule has 2 aliphatic rings. The number of ketones is 1. The van der Waals surface area contributed by atoms with Crippen molar-refractivity contribution in [3.8, 4) is 0 Å². The third kappa shape index (κ3) is 3.85. The molecule has 128 valence electrons. The maximum atomic E-state index is 12.7. The lowest BCUT2D eigenvalue weighted by Crippen LogP contribution is -2.40. The number of rotatable bonds is 7. The number of Topliss-reactive ketones (excluding diaryl/α,β-unsaturated/α-hetero) is 1. The Labute approximate surface area is 141 Å². The molecular weight excluding hydrogens is 284 g/mol. The first kappa shape index (κ1) is 18.2. The normalized spacial score (nSPS) is 33.6. The zero-order valence-corrected chi connectivity index (χ0v) is 15.0. The van der Waals surface area contributed by atoms with Gasteiger partial charge in [-0.2, -0.15) is 0 Å². The van der Waals surface area contributed by atoms with Crippen LogP contribution in [0.2, 0.25) is 0 Å². The average molecular weight is 316 g/mol. The summed E-state index contributed by atoms with van der Waals surface area (Å²) < 4.78 is 6.32. The van der Waals surface area contributed by atoms with Gasteiger partial charge in [0.1, 0.15) is 6.10 Å². The molecule has 0 unspecified atom stereocenters. The Morgan fingerprint density at radius 1 is 1.43 bits per heavy atom. The van der Waals surface area contributed by atoms with Gasteiger partial charge >= 0.3 is 0 Å². The van der Waals surface area contributed by atoms with E-state index in [0.717, 1.165) is 31.3 Å². The quantitative estimate of drug-likeness (QED) is 0.610. The van der Waals surface area contributed by atoms with Gasteiger partial charge in [-0.25, -0.2) is 0 Å². The lowest BCUT2D eigenvalue weighted by atomic mass is 9.63. The van der Waals surface area contributed by atoms with Gasteiger partial charge in [0.2, 0.25) is 0 Å². The molecule has 1 aliphatic heterocycles. The van der Waals surface area contributed by atoms with Crippen molar-refractivity contribution >= 4 is 5.78 Å². The SMILES string of the molecule is C=CCCC(=O)[C@@H]1O[C@H](CC(=C)C)[C@H]2C(=C)CC[C@H](C(C)C)[C@H]21. The van der Waals surface area contributed by atoms with Gasteiger partial charge < -0.3 is 4.74 Å². The summed E-state index contributed by atoms with van der Waals surface area (Å²) in [7, 11) is 0. The molecule has 2 fully saturated rings. The Hall–Kier alpha value is -1.15. The van der Waals surface area contributed by atoms with E-state index in [1.165, 1.54) is 5.57 Å². The highest BCUT2D eigenvalue weighted by Gasteiger charge is 2.53. The summed E-state index contributed by atoms with van der Waals surface area (Å²) >= 11 is 0. The molecule has 0 bridgehead atoms. The van der Waals surface area contributed by atoms with Crippen LogP contribution >= 0.6 is 0 Å². The summed E-state index contributed by atoms with van der Waals surface area (Å²) in [4.78, 5) is 12.7. The minimum atomic E-state index is -0.270. The number of hydrogen-bond donors (Lipinski definition) is 0. The number of allylic oxidation sites excluding steroid dienone is 1. The van der Waals surface area contributed by atoms with Gasteiger partial charge in [0.05, 0.1) is 6.10 Å². The third-order valence-corrected chi connectivity index (χ3v) is 5.57. The van der Waals surface area contributed by atoms with E-state index in [1.54, 1.807) is 0 Å². The molecule has 1 aliphatic carbocycles. The zero-order chi connectivity index (χ0) is 17.1. The summed E-state index contributed by atoms with van der Waals surface area (Å²) in [5, 5.41) is 0.